The summed E-state index contributed by atoms with van der Waals surface area (Å²) in [7, 11) is 1.63. The van der Waals surface area contributed by atoms with E-state index in [9.17, 15) is 10.2 Å². The van der Waals surface area contributed by atoms with Crippen LogP contribution in [-0.2, 0) is 0 Å². The van der Waals surface area contributed by atoms with Gasteiger partial charge in [0.15, 0.2) is 34.5 Å². The van der Waals surface area contributed by atoms with Crippen molar-refractivity contribution in [3.8, 4) is 34.5 Å². The summed E-state index contributed by atoms with van der Waals surface area (Å²) in [5, 5.41) is 27.0. The van der Waals surface area contributed by atoms with Crippen LogP contribution in [0.3, 0.4) is 0 Å². The molecule has 0 spiro atoms. The molecule has 0 atom stereocenters. The Labute approximate surface area is 218 Å². The van der Waals surface area contributed by atoms with Crippen LogP contribution in [0.25, 0.3) is 32.3 Å². The number of methoxy groups -OCH3 is 1. The molecule has 4 aromatic rings. The van der Waals surface area contributed by atoms with E-state index >= 15 is 0 Å². The van der Waals surface area contributed by atoms with Gasteiger partial charge in [-0.15, -0.1) is 0 Å². The Kier molecular flexibility index (Phi) is 8.70. The fourth-order valence-electron chi connectivity index (χ4n) is 4.52. The molecule has 2 N–H and O–H groups in total. The summed E-state index contributed by atoms with van der Waals surface area (Å²) in [5.74, 6) is 2.33. The van der Waals surface area contributed by atoms with E-state index in [0.29, 0.717) is 42.8 Å². The molecule has 0 radical (unpaired) electrons. The molecule has 0 amide bonds. The highest BCUT2D eigenvalue weighted by molar-refractivity contribution is 6.26. The maximum atomic E-state index is 10.9. The highest BCUT2D eigenvalue weighted by Gasteiger charge is 2.18. The molecule has 6 heteroatoms. The Bertz CT molecular complexity index is 1340. The Morgan fingerprint density at radius 1 is 0.486 bits per heavy atom. The van der Waals surface area contributed by atoms with Crippen LogP contribution in [-0.4, -0.2) is 37.1 Å². The smallest absolute Gasteiger partial charge is 0.161 e. The molecule has 4 rings (SSSR count). The summed E-state index contributed by atoms with van der Waals surface area (Å²) in [6, 6.07) is 11.2. The summed E-state index contributed by atoms with van der Waals surface area (Å²) >= 11 is 0. The first-order valence-corrected chi connectivity index (χ1v) is 13.4. The molecule has 0 aliphatic rings. The van der Waals surface area contributed by atoms with E-state index in [0.717, 1.165) is 70.8 Å². The normalized spacial score (nSPS) is 11.4. The molecule has 0 fully saturated rings. The van der Waals surface area contributed by atoms with Crippen LogP contribution in [0.5, 0.6) is 34.5 Å². The lowest BCUT2D eigenvalue weighted by Gasteiger charge is -2.18. The molecule has 0 aromatic heterocycles. The molecule has 37 heavy (non-hydrogen) atoms. The minimum atomic E-state index is 0.0808. The van der Waals surface area contributed by atoms with Gasteiger partial charge in [-0.05, 0) is 88.0 Å². The minimum Gasteiger partial charge on any atom is -0.504 e. The molecule has 198 valence electrons. The summed E-state index contributed by atoms with van der Waals surface area (Å²) < 4.78 is 23.6. The van der Waals surface area contributed by atoms with Gasteiger partial charge in [-0.3, -0.25) is 0 Å². The van der Waals surface area contributed by atoms with Crippen LogP contribution < -0.4 is 18.9 Å². The second-order valence-corrected chi connectivity index (χ2v) is 9.39. The van der Waals surface area contributed by atoms with Gasteiger partial charge in [0.1, 0.15) is 0 Å². The zero-order valence-corrected chi connectivity index (χ0v) is 22.4. The van der Waals surface area contributed by atoms with E-state index in [1.807, 2.05) is 24.3 Å². The van der Waals surface area contributed by atoms with Gasteiger partial charge < -0.3 is 29.2 Å². The highest BCUT2D eigenvalue weighted by atomic mass is 16.5. The highest BCUT2D eigenvalue weighted by Crippen LogP contribution is 2.46. The number of benzene rings is 4. The lowest BCUT2D eigenvalue weighted by molar-refractivity contribution is 0.289. The lowest BCUT2D eigenvalue weighted by atomic mass is 9.93. The fraction of sp³-hybridized carbons (Fsp3) is 0.419. The van der Waals surface area contributed by atoms with Gasteiger partial charge in [-0.25, -0.2) is 0 Å². The molecule has 0 unspecified atom stereocenters. The van der Waals surface area contributed by atoms with E-state index in [2.05, 4.69) is 20.8 Å². The van der Waals surface area contributed by atoms with Gasteiger partial charge in [0.2, 0.25) is 0 Å². The Morgan fingerprint density at radius 3 is 1.19 bits per heavy atom. The van der Waals surface area contributed by atoms with Crippen LogP contribution in [0.1, 0.15) is 59.3 Å². The molecule has 0 heterocycles. The van der Waals surface area contributed by atoms with Crippen LogP contribution >= 0.6 is 0 Å². The second kappa shape index (κ2) is 12.1. The van der Waals surface area contributed by atoms with Crippen molar-refractivity contribution in [2.75, 3.05) is 26.9 Å². The first kappa shape index (κ1) is 26.5. The SMILES string of the molecule is CCCCOc1cc2c(cc1O)c1cc(OCCCC)c(O)cc1c1cc(OCCCC)c(OC)cc21. The van der Waals surface area contributed by atoms with Crippen LogP contribution in [0.15, 0.2) is 36.4 Å². The Balaban J connectivity index is 2.00. The van der Waals surface area contributed by atoms with Crippen LogP contribution in [0.2, 0.25) is 0 Å². The van der Waals surface area contributed by atoms with Gasteiger partial charge in [-0.2, -0.15) is 0 Å². The zero-order valence-electron chi connectivity index (χ0n) is 22.4. The van der Waals surface area contributed by atoms with Crippen molar-refractivity contribution >= 4 is 32.3 Å². The quantitative estimate of drug-likeness (QED) is 0.141. The van der Waals surface area contributed by atoms with Gasteiger partial charge >= 0.3 is 0 Å². The van der Waals surface area contributed by atoms with Gasteiger partial charge in [0.25, 0.3) is 0 Å². The zero-order chi connectivity index (χ0) is 26.4. The Hall–Kier alpha value is -3.54. The standard InChI is InChI=1S/C31H38O6/c1-5-8-11-35-28-16-22-20-14-26(32)29(36-12-9-6-2)17-23(20)24-18-30(34-4)31(37-13-10-7-3)19-25(24)21(22)15-27(28)33/h14-19,32-33H,5-13H2,1-4H3. The topological polar surface area (TPSA) is 77.4 Å². The van der Waals surface area contributed by atoms with Crippen molar-refractivity contribution in [2.24, 2.45) is 0 Å². The molecular formula is C31H38O6. The second-order valence-electron chi connectivity index (χ2n) is 9.39. The van der Waals surface area contributed by atoms with E-state index in [-0.39, 0.29) is 11.5 Å². The minimum absolute atomic E-state index is 0.0808. The third-order valence-electron chi connectivity index (χ3n) is 6.64. The van der Waals surface area contributed by atoms with Crippen LogP contribution in [0.4, 0.5) is 0 Å². The van der Waals surface area contributed by atoms with Gasteiger partial charge in [0.05, 0.1) is 26.9 Å². The summed E-state index contributed by atoms with van der Waals surface area (Å²) in [4.78, 5) is 0. The maximum absolute atomic E-state index is 10.9. The Morgan fingerprint density at radius 2 is 0.811 bits per heavy atom. The third kappa shape index (κ3) is 5.58. The number of aromatic hydroxyl groups is 2. The predicted molar refractivity (Wildman–Crippen MR) is 150 cm³/mol. The number of rotatable bonds is 13. The van der Waals surface area contributed by atoms with E-state index in [1.165, 1.54) is 0 Å². The molecular weight excluding hydrogens is 468 g/mol. The average molecular weight is 507 g/mol. The average Bonchev–Trinajstić information content (AvgIpc) is 2.90. The first-order chi connectivity index (χ1) is 18.0. The predicted octanol–water partition coefficient (Wildman–Crippen LogP) is 8.10. The van der Waals surface area contributed by atoms with Crippen LogP contribution in [0, 0.1) is 0 Å². The number of unbranched alkanes of at least 4 members (excludes halogenated alkanes) is 3. The number of hydrogen-bond donors (Lipinski definition) is 2. The van der Waals surface area contributed by atoms with Gasteiger partial charge in [-0.1, -0.05) is 40.0 Å². The molecule has 0 aliphatic heterocycles. The molecule has 0 aliphatic carbocycles. The fourth-order valence-corrected chi connectivity index (χ4v) is 4.52. The first-order valence-electron chi connectivity index (χ1n) is 13.4. The van der Waals surface area contributed by atoms with E-state index in [4.69, 9.17) is 18.9 Å². The molecule has 0 bridgehead atoms. The molecule has 0 saturated heterocycles. The monoisotopic (exact) mass is 506 g/mol. The van der Waals surface area contributed by atoms with Crippen molar-refractivity contribution in [3.05, 3.63) is 36.4 Å². The molecule has 4 aromatic carbocycles. The van der Waals surface area contributed by atoms with E-state index < -0.39 is 0 Å². The van der Waals surface area contributed by atoms with Crippen molar-refractivity contribution in [2.45, 2.75) is 59.3 Å². The van der Waals surface area contributed by atoms with Crippen molar-refractivity contribution < 1.29 is 29.2 Å². The number of phenols is 2. The summed E-state index contributed by atoms with van der Waals surface area (Å²) in [6.07, 6.45) is 5.77. The van der Waals surface area contributed by atoms with E-state index in [1.54, 1.807) is 19.2 Å². The van der Waals surface area contributed by atoms with Crippen molar-refractivity contribution in [1.82, 2.24) is 0 Å². The largest absolute Gasteiger partial charge is 0.504 e. The molecule has 6 nitrogen and oxygen atoms in total. The van der Waals surface area contributed by atoms with Crippen molar-refractivity contribution in [3.63, 3.8) is 0 Å². The number of hydrogen-bond acceptors (Lipinski definition) is 6. The lowest BCUT2D eigenvalue weighted by Crippen LogP contribution is -2.00. The number of fused-ring (bicyclic) bond motifs is 6. The summed E-state index contributed by atoms with van der Waals surface area (Å²) in [5.41, 5.74) is 0. The number of ether oxygens (including phenoxy) is 4. The number of phenolic OH excluding ortho intramolecular Hbond substituents is 2. The molecule has 0 saturated carbocycles. The van der Waals surface area contributed by atoms with Gasteiger partial charge in [0, 0.05) is 0 Å². The third-order valence-corrected chi connectivity index (χ3v) is 6.64. The maximum Gasteiger partial charge on any atom is 0.161 e. The summed E-state index contributed by atoms with van der Waals surface area (Å²) in [6.45, 7) is 7.97. The van der Waals surface area contributed by atoms with Crippen molar-refractivity contribution in [1.29, 1.82) is 0 Å².